The van der Waals surface area contributed by atoms with E-state index >= 15 is 0 Å². The third kappa shape index (κ3) is 5.92. The maximum atomic E-state index is 12.6. The smallest absolute Gasteiger partial charge is 0.240 e. The number of thioether (sulfide) groups is 1. The van der Waals surface area contributed by atoms with E-state index in [9.17, 15) is 14.4 Å². The van der Waals surface area contributed by atoms with Gasteiger partial charge in [0.25, 0.3) is 0 Å². The molecule has 1 aliphatic rings. The van der Waals surface area contributed by atoms with Gasteiger partial charge in [0.15, 0.2) is 22.4 Å². The molecule has 2 aromatic rings. The number of carbonyl (C=O) groups excluding carboxylic acids is 3. The van der Waals surface area contributed by atoms with Crippen LogP contribution in [0.2, 0.25) is 0 Å². The van der Waals surface area contributed by atoms with Crippen molar-refractivity contribution in [1.29, 1.82) is 5.41 Å². The minimum Gasteiger partial charge on any atom is -0.493 e. The van der Waals surface area contributed by atoms with Crippen LogP contribution in [-0.2, 0) is 9.59 Å². The molecule has 3 N–H and O–H groups in total. The molecule has 0 saturated carbocycles. The predicted molar refractivity (Wildman–Crippen MR) is 126 cm³/mol. The van der Waals surface area contributed by atoms with Crippen LogP contribution in [0.4, 0.5) is 5.69 Å². The quantitative estimate of drug-likeness (QED) is 0.380. The van der Waals surface area contributed by atoms with E-state index in [1.54, 1.807) is 42.5 Å². The van der Waals surface area contributed by atoms with E-state index in [1.807, 2.05) is 0 Å². The monoisotopic (exact) mass is 469 g/mol. The van der Waals surface area contributed by atoms with Crippen molar-refractivity contribution in [3.63, 3.8) is 0 Å². The Kier molecular flexibility index (Phi) is 7.73. The van der Waals surface area contributed by atoms with Gasteiger partial charge in [0, 0.05) is 17.7 Å². The van der Waals surface area contributed by atoms with Crippen molar-refractivity contribution in [3.8, 4) is 17.2 Å². The van der Waals surface area contributed by atoms with Crippen LogP contribution in [0.3, 0.4) is 0 Å². The largest absolute Gasteiger partial charge is 0.493 e. The first-order valence-electron chi connectivity index (χ1n) is 9.83. The second kappa shape index (κ2) is 10.7. The van der Waals surface area contributed by atoms with Gasteiger partial charge >= 0.3 is 0 Å². The number of ketones is 1. The average Bonchev–Trinajstić information content (AvgIpc) is 3.13. The summed E-state index contributed by atoms with van der Waals surface area (Å²) in [5.41, 5.74) is 1.64. The van der Waals surface area contributed by atoms with E-state index in [2.05, 4.69) is 10.6 Å². The van der Waals surface area contributed by atoms with Gasteiger partial charge < -0.3 is 24.8 Å². The molecule has 9 nitrogen and oxygen atoms in total. The lowest BCUT2D eigenvalue weighted by Gasteiger charge is -2.12. The molecule has 0 spiro atoms. The summed E-state index contributed by atoms with van der Waals surface area (Å²) in [5, 5.41) is 11.9. The predicted octanol–water partition coefficient (Wildman–Crippen LogP) is 3.10. The first kappa shape index (κ1) is 23.9. The number of nitrogens with one attached hydrogen (secondary N) is 3. The summed E-state index contributed by atoms with van der Waals surface area (Å²) in [7, 11) is 4.55. The van der Waals surface area contributed by atoms with Crippen LogP contribution in [-0.4, -0.2) is 49.3 Å². The van der Waals surface area contributed by atoms with Crippen molar-refractivity contribution >= 4 is 46.3 Å². The second-order valence-corrected chi connectivity index (χ2v) is 8.12. The molecule has 10 heteroatoms. The SMILES string of the molecule is COc1cc(C=CC(=O)c2ccc(NC(=O)CC3SC(=N)NC3=O)cc2)cc(OC)c1OC. The van der Waals surface area contributed by atoms with Crippen molar-refractivity contribution in [2.24, 2.45) is 0 Å². The standard InChI is InChI=1S/C23H23N3O6S/c1-30-17-10-13(11-18(31-2)21(17)32-3)4-9-16(27)14-5-7-15(8-6-14)25-20(28)12-19-22(29)26-23(24)33-19/h4-11,19H,12H2,1-3H3,(H,25,28)(H2,24,26,29). The molecule has 2 aromatic carbocycles. The number of anilines is 1. The number of amides is 2. The Morgan fingerprint density at radius 3 is 2.24 bits per heavy atom. The van der Waals surface area contributed by atoms with Crippen molar-refractivity contribution in [1.82, 2.24) is 5.32 Å². The zero-order chi connectivity index (χ0) is 24.0. The molecule has 0 bridgehead atoms. The minimum atomic E-state index is -0.612. The molecular formula is C23H23N3O6S. The van der Waals surface area contributed by atoms with Crippen LogP contribution in [0.15, 0.2) is 42.5 Å². The van der Waals surface area contributed by atoms with Crippen LogP contribution in [0.5, 0.6) is 17.2 Å². The number of carbonyl (C=O) groups is 3. The maximum absolute atomic E-state index is 12.6. The van der Waals surface area contributed by atoms with Gasteiger partial charge in [0.2, 0.25) is 17.6 Å². The Labute approximate surface area is 195 Å². The highest BCUT2D eigenvalue weighted by atomic mass is 32.2. The van der Waals surface area contributed by atoms with E-state index in [0.717, 1.165) is 11.8 Å². The number of methoxy groups -OCH3 is 3. The molecule has 0 radical (unpaired) electrons. The van der Waals surface area contributed by atoms with E-state index in [-0.39, 0.29) is 29.2 Å². The highest BCUT2D eigenvalue weighted by molar-refractivity contribution is 8.15. The Morgan fingerprint density at radius 1 is 1.09 bits per heavy atom. The molecule has 0 aliphatic carbocycles. The van der Waals surface area contributed by atoms with Gasteiger partial charge in [-0.15, -0.1) is 0 Å². The summed E-state index contributed by atoms with van der Waals surface area (Å²) in [4.78, 5) is 36.4. The van der Waals surface area contributed by atoms with Crippen molar-refractivity contribution < 1.29 is 28.6 Å². The Morgan fingerprint density at radius 2 is 1.73 bits per heavy atom. The lowest BCUT2D eigenvalue weighted by molar-refractivity contribution is -0.122. The number of benzene rings is 2. The fourth-order valence-electron chi connectivity index (χ4n) is 3.12. The summed E-state index contributed by atoms with van der Waals surface area (Å²) in [6, 6.07) is 9.89. The van der Waals surface area contributed by atoms with Gasteiger partial charge in [-0.25, -0.2) is 0 Å². The first-order valence-corrected chi connectivity index (χ1v) is 10.7. The van der Waals surface area contributed by atoms with E-state index < -0.39 is 5.25 Å². The molecule has 1 aliphatic heterocycles. The Hall–Kier alpha value is -3.79. The number of allylic oxidation sites excluding steroid dienone is 1. The molecule has 1 saturated heterocycles. The molecule has 2 amide bonds. The number of ether oxygens (including phenoxy) is 3. The lowest BCUT2D eigenvalue weighted by Crippen LogP contribution is -2.27. The van der Waals surface area contributed by atoms with Crippen molar-refractivity contribution in [2.75, 3.05) is 26.6 Å². The summed E-state index contributed by atoms with van der Waals surface area (Å²) in [6.45, 7) is 0. The summed E-state index contributed by atoms with van der Waals surface area (Å²) < 4.78 is 15.9. The average molecular weight is 470 g/mol. The normalized spacial score (nSPS) is 15.3. The molecule has 3 rings (SSSR count). The molecular weight excluding hydrogens is 446 g/mol. The second-order valence-electron chi connectivity index (χ2n) is 6.91. The Balaban J connectivity index is 1.63. The minimum absolute atomic E-state index is 0.0419. The summed E-state index contributed by atoms with van der Waals surface area (Å²) >= 11 is 1.02. The van der Waals surface area contributed by atoms with Crippen molar-refractivity contribution in [3.05, 3.63) is 53.6 Å². The molecule has 1 heterocycles. The van der Waals surface area contributed by atoms with Gasteiger partial charge in [0.05, 0.1) is 21.3 Å². The van der Waals surface area contributed by atoms with Crippen LogP contribution < -0.4 is 24.8 Å². The number of hydrogen-bond donors (Lipinski definition) is 3. The zero-order valence-electron chi connectivity index (χ0n) is 18.3. The lowest BCUT2D eigenvalue weighted by atomic mass is 10.1. The third-order valence-electron chi connectivity index (χ3n) is 4.73. The van der Waals surface area contributed by atoms with Gasteiger partial charge in [-0.3, -0.25) is 19.8 Å². The molecule has 172 valence electrons. The highest BCUT2D eigenvalue weighted by Crippen LogP contribution is 2.38. The van der Waals surface area contributed by atoms with Crippen LogP contribution in [0, 0.1) is 5.41 Å². The molecule has 33 heavy (non-hydrogen) atoms. The fourth-order valence-corrected chi connectivity index (χ4v) is 3.96. The van der Waals surface area contributed by atoms with Gasteiger partial charge in [-0.2, -0.15) is 0 Å². The summed E-state index contributed by atoms with van der Waals surface area (Å²) in [6.07, 6.45) is 3.03. The number of hydrogen-bond acceptors (Lipinski definition) is 8. The molecule has 1 fully saturated rings. The number of amidine groups is 1. The maximum Gasteiger partial charge on any atom is 0.240 e. The molecule has 1 atom stereocenters. The molecule has 0 aromatic heterocycles. The molecule has 1 unspecified atom stereocenters. The van der Waals surface area contributed by atoms with Crippen LogP contribution in [0.1, 0.15) is 22.3 Å². The highest BCUT2D eigenvalue weighted by Gasteiger charge is 2.31. The topological polar surface area (TPSA) is 127 Å². The van der Waals surface area contributed by atoms with Crippen LogP contribution >= 0.6 is 11.8 Å². The van der Waals surface area contributed by atoms with Gasteiger partial charge in [0.1, 0.15) is 5.25 Å². The van der Waals surface area contributed by atoms with Gasteiger partial charge in [-0.05, 0) is 48.0 Å². The van der Waals surface area contributed by atoms with Crippen molar-refractivity contribution in [2.45, 2.75) is 11.7 Å². The van der Waals surface area contributed by atoms with E-state index in [0.29, 0.717) is 34.1 Å². The third-order valence-corrected chi connectivity index (χ3v) is 5.73. The summed E-state index contributed by atoms with van der Waals surface area (Å²) in [5.74, 6) is 0.508. The number of rotatable bonds is 9. The van der Waals surface area contributed by atoms with E-state index in [4.69, 9.17) is 19.6 Å². The first-order chi connectivity index (χ1) is 15.8. The Bertz CT molecular complexity index is 1090. The fraction of sp³-hybridized carbons (Fsp3) is 0.217. The van der Waals surface area contributed by atoms with Crippen LogP contribution in [0.25, 0.3) is 6.08 Å². The van der Waals surface area contributed by atoms with Gasteiger partial charge in [-0.1, -0.05) is 17.8 Å². The van der Waals surface area contributed by atoms with E-state index in [1.165, 1.54) is 27.4 Å². The zero-order valence-corrected chi connectivity index (χ0v) is 19.1.